The van der Waals surface area contributed by atoms with E-state index in [4.69, 9.17) is 25.8 Å². The molecular weight excluding hydrogens is 573 g/mol. The molecule has 1 atom stereocenters. The van der Waals surface area contributed by atoms with Crippen molar-refractivity contribution >= 4 is 34.9 Å². The Morgan fingerprint density at radius 2 is 1.28 bits per heavy atom. The van der Waals surface area contributed by atoms with Gasteiger partial charge in [0, 0.05) is 28.0 Å². The summed E-state index contributed by atoms with van der Waals surface area (Å²) in [7, 11) is 3.03. The van der Waals surface area contributed by atoms with Gasteiger partial charge >= 0.3 is 6.03 Å². The summed E-state index contributed by atoms with van der Waals surface area (Å²) in [5.41, 5.74) is 1.90. The summed E-state index contributed by atoms with van der Waals surface area (Å²) in [5, 5.41) is 9.00. The molecule has 3 N–H and O–H groups in total. The van der Waals surface area contributed by atoms with Crippen LogP contribution in [0, 0.1) is 5.82 Å². The highest BCUT2D eigenvalue weighted by Gasteiger charge is 2.24. The Labute approximate surface area is 255 Å². The smallest absolute Gasteiger partial charge is 0.323 e. The van der Waals surface area contributed by atoms with E-state index >= 15 is 0 Å². The second-order valence-electron chi connectivity index (χ2n) is 10.7. The summed E-state index contributed by atoms with van der Waals surface area (Å²) in [4.78, 5) is 26.3. The van der Waals surface area contributed by atoms with Gasteiger partial charge in [-0.2, -0.15) is 0 Å². The van der Waals surface area contributed by atoms with Crippen LogP contribution < -0.4 is 30.2 Å². The molecule has 10 heteroatoms. The number of methoxy groups -OCH3 is 2. The van der Waals surface area contributed by atoms with E-state index in [1.165, 1.54) is 32.4 Å². The van der Waals surface area contributed by atoms with Crippen molar-refractivity contribution in [2.45, 2.75) is 32.4 Å². The number of hydrogen-bond acceptors (Lipinski definition) is 5. The molecule has 43 heavy (non-hydrogen) atoms. The van der Waals surface area contributed by atoms with Gasteiger partial charge in [0.15, 0.2) is 11.5 Å². The van der Waals surface area contributed by atoms with Crippen LogP contribution in [0.3, 0.4) is 0 Å². The van der Waals surface area contributed by atoms with E-state index in [-0.39, 0.29) is 17.1 Å². The van der Waals surface area contributed by atoms with Crippen molar-refractivity contribution in [2.75, 3.05) is 24.9 Å². The summed E-state index contributed by atoms with van der Waals surface area (Å²) in [6.07, 6.45) is -0.689. The second kappa shape index (κ2) is 13.5. The zero-order valence-corrected chi connectivity index (χ0v) is 25.2. The fourth-order valence-corrected chi connectivity index (χ4v) is 4.36. The molecule has 3 amide bonds. The Balaban J connectivity index is 1.65. The Kier molecular flexibility index (Phi) is 9.77. The van der Waals surface area contributed by atoms with Crippen LogP contribution in [0.1, 0.15) is 48.4 Å². The number of urea groups is 1. The maximum Gasteiger partial charge on any atom is 0.323 e. The average molecular weight is 606 g/mol. The first kappa shape index (κ1) is 31.2. The van der Waals surface area contributed by atoms with E-state index in [0.29, 0.717) is 33.5 Å². The summed E-state index contributed by atoms with van der Waals surface area (Å²) in [5.74, 6) is 0.457. The zero-order chi connectivity index (χ0) is 31.1. The van der Waals surface area contributed by atoms with Crippen LogP contribution in [-0.2, 0) is 0 Å². The maximum atomic E-state index is 13.8. The van der Waals surface area contributed by atoms with E-state index in [1.807, 2.05) is 20.8 Å². The Bertz CT molecular complexity index is 1540. The van der Waals surface area contributed by atoms with Crippen molar-refractivity contribution in [2.24, 2.45) is 0 Å². The van der Waals surface area contributed by atoms with Crippen molar-refractivity contribution in [3.63, 3.8) is 0 Å². The normalized spacial score (nSPS) is 11.7. The molecule has 0 spiro atoms. The molecule has 0 saturated carbocycles. The standard InChI is InChI=1S/C33H33ClFN3O5/c1-33(2,3)38-31(39)26-18-24(36-32(40)37-25-15-17-28(41-4)29(19-25)42-5)14-16-27(26)43-30(20-6-10-22(34)11-7-20)21-8-12-23(35)13-9-21/h6-19,30H,1-5H3,(H,38,39)(H2,36,37,40). The first-order valence-electron chi connectivity index (χ1n) is 13.4. The Hall–Kier alpha value is -4.76. The number of carbonyl (C=O) groups excluding carboxylic acids is 2. The number of hydrogen-bond donors (Lipinski definition) is 3. The number of carbonyl (C=O) groups is 2. The van der Waals surface area contributed by atoms with Gasteiger partial charge < -0.3 is 30.2 Å². The third-order valence-corrected chi connectivity index (χ3v) is 6.45. The first-order valence-corrected chi connectivity index (χ1v) is 13.8. The van der Waals surface area contributed by atoms with E-state index < -0.39 is 23.6 Å². The molecule has 0 heterocycles. The van der Waals surface area contributed by atoms with E-state index in [1.54, 1.807) is 66.7 Å². The average Bonchev–Trinajstić information content (AvgIpc) is 2.96. The molecular formula is C33H33ClFN3O5. The monoisotopic (exact) mass is 605 g/mol. The lowest BCUT2D eigenvalue weighted by Gasteiger charge is -2.25. The Morgan fingerprint density at radius 1 is 0.744 bits per heavy atom. The van der Waals surface area contributed by atoms with Gasteiger partial charge in [-0.05, 0) is 86.5 Å². The molecule has 224 valence electrons. The van der Waals surface area contributed by atoms with E-state index in [2.05, 4.69) is 16.0 Å². The highest BCUT2D eigenvalue weighted by molar-refractivity contribution is 6.30. The molecule has 0 saturated heterocycles. The maximum absolute atomic E-state index is 13.8. The predicted molar refractivity (Wildman–Crippen MR) is 166 cm³/mol. The summed E-state index contributed by atoms with van der Waals surface area (Å²) >= 11 is 6.12. The van der Waals surface area contributed by atoms with Gasteiger partial charge in [-0.25, -0.2) is 9.18 Å². The SMILES string of the molecule is COc1ccc(NC(=O)Nc2ccc(OC(c3ccc(F)cc3)c3ccc(Cl)cc3)c(C(=O)NC(C)(C)C)c2)cc1OC. The molecule has 8 nitrogen and oxygen atoms in total. The number of benzene rings is 4. The van der Waals surface area contributed by atoms with Crippen molar-refractivity contribution < 1.29 is 28.2 Å². The molecule has 4 aromatic rings. The highest BCUT2D eigenvalue weighted by Crippen LogP contribution is 2.34. The molecule has 0 fully saturated rings. The molecule has 0 radical (unpaired) electrons. The summed E-state index contributed by atoms with van der Waals surface area (Å²) in [6, 6.07) is 22.2. The number of anilines is 2. The third-order valence-electron chi connectivity index (χ3n) is 6.20. The minimum atomic E-state index is -0.689. The minimum absolute atomic E-state index is 0.194. The lowest BCUT2D eigenvalue weighted by molar-refractivity contribution is 0.0913. The van der Waals surface area contributed by atoms with Crippen molar-refractivity contribution in [1.82, 2.24) is 5.32 Å². The van der Waals surface area contributed by atoms with Crippen LogP contribution in [0.25, 0.3) is 0 Å². The molecule has 0 aromatic heterocycles. The molecule has 0 bridgehead atoms. The largest absolute Gasteiger partial charge is 0.493 e. The topological polar surface area (TPSA) is 97.9 Å². The molecule has 4 rings (SSSR count). The number of nitrogens with one attached hydrogen (secondary N) is 3. The molecule has 0 aliphatic carbocycles. The van der Waals surface area contributed by atoms with E-state index in [9.17, 15) is 14.0 Å². The predicted octanol–water partition coefficient (Wildman–Crippen LogP) is 7.84. The van der Waals surface area contributed by atoms with Gasteiger partial charge in [0.1, 0.15) is 17.7 Å². The molecule has 0 aliphatic rings. The Morgan fingerprint density at radius 3 is 1.84 bits per heavy atom. The second-order valence-corrected chi connectivity index (χ2v) is 11.1. The van der Waals surface area contributed by atoms with Crippen molar-refractivity contribution in [1.29, 1.82) is 0 Å². The van der Waals surface area contributed by atoms with Gasteiger partial charge in [0.05, 0.1) is 19.8 Å². The van der Waals surface area contributed by atoms with Crippen molar-refractivity contribution in [3.05, 3.63) is 112 Å². The fraction of sp³-hybridized carbons (Fsp3) is 0.212. The number of ether oxygens (including phenoxy) is 3. The van der Waals surface area contributed by atoms with Crippen LogP contribution in [0.4, 0.5) is 20.6 Å². The van der Waals surface area contributed by atoms with Crippen LogP contribution >= 0.6 is 11.6 Å². The number of rotatable bonds is 9. The van der Waals surface area contributed by atoms with E-state index in [0.717, 1.165) is 5.56 Å². The van der Waals surface area contributed by atoms with Gasteiger partial charge in [0.25, 0.3) is 5.91 Å². The van der Waals surface area contributed by atoms with Crippen LogP contribution in [0.15, 0.2) is 84.9 Å². The van der Waals surface area contributed by atoms with Gasteiger partial charge in [-0.1, -0.05) is 35.9 Å². The molecule has 0 aliphatic heterocycles. The number of halogens is 2. The van der Waals surface area contributed by atoms with Crippen LogP contribution in [-0.4, -0.2) is 31.7 Å². The minimum Gasteiger partial charge on any atom is -0.493 e. The van der Waals surface area contributed by atoms with Gasteiger partial charge in [-0.15, -0.1) is 0 Å². The number of amides is 3. The fourth-order valence-electron chi connectivity index (χ4n) is 4.23. The first-order chi connectivity index (χ1) is 20.5. The summed E-state index contributed by atoms with van der Waals surface area (Å²) < 4.78 is 30.8. The third kappa shape index (κ3) is 8.39. The lowest BCUT2D eigenvalue weighted by Crippen LogP contribution is -2.40. The van der Waals surface area contributed by atoms with Crippen LogP contribution in [0.5, 0.6) is 17.2 Å². The molecule has 4 aromatic carbocycles. The zero-order valence-electron chi connectivity index (χ0n) is 24.5. The van der Waals surface area contributed by atoms with Gasteiger partial charge in [-0.3, -0.25) is 4.79 Å². The van der Waals surface area contributed by atoms with Gasteiger partial charge in [0.2, 0.25) is 0 Å². The van der Waals surface area contributed by atoms with Crippen LogP contribution in [0.2, 0.25) is 5.02 Å². The molecule has 1 unspecified atom stereocenters. The summed E-state index contributed by atoms with van der Waals surface area (Å²) in [6.45, 7) is 5.58. The lowest BCUT2D eigenvalue weighted by atomic mass is 10.0. The highest BCUT2D eigenvalue weighted by atomic mass is 35.5. The van der Waals surface area contributed by atoms with Crippen molar-refractivity contribution in [3.8, 4) is 17.2 Å². The quantitative estimate of drug-likeness (QED) is 0.181.